The van der Waals surface area contributed by atoms with Crippen LogP contribution in [0.25, 0.3) is 0 Å². The standard InChI is InChI=1S/C15H15ClN4O2/c16-11-1-3-12(4-2-11)20-15(22)18-10-7-14(21)19-13-5-8-17-9-6-13/h1-6,8-9H,7,10H2,(H,17,19,21)(H2,18,20,22). The molecule has 0 bridgehead atoms. The molecule has 1 aromatic heterocycles. The Balaban J connectivity index is 1.68. The van der Waals surface area contributed by atoms with E-state index in [1.165, 1.54) is 0 Å². The highest BCUT2D eigenvalue weighted by Gasteiger charge is 2.05. The molecule has 2 aromatic rings. The fraction of sp³-hybridized carbons (Fsp3) is 0.133. The number of halogens is 1. The zero-order chi connectivity index (χ0) is 15.8. The molecule has 114 valence electrons. The lowest BCUT2D eigenvalue weighted by atomic mass is 10.3. The largest absolute Gasteiger partial charge is 0.337 e. The quantitative estimate of drug-likeness (QED) is 0.792. The van der Waals surface area contributed by atoms with E-state index in [1.54, 1.807) is 48.8 Å². The van der Waals surface area contributed by atoms with E-state index in [0.717, 1.165) is 0 Å². The topological polar surface area (TPSA) is 83.1 Å². The van der Waals surface area contributed by atoms with E-state index < -0.39 is 0 Å². The fourth-order valence-electron chi connectivity index (χ4n) is 1.66. The van der Waals surface area contributed by atoms with Gasteiger partial charge in [-0.3, -0.25) is 9.78 Å². The van der Waals surface area contributed by atoms with Gasteiger partial charge in [-0.2, -0.15) is 0 Å². The first-order valence-corrected chi connectivity index (χ1v) is 7.01. The summed E-state index contributed by atoms with van der Waals surface area (Å²) in [5.74, 6) is -0.182. The normalized spacial score (nSPS) is 9.86. The molecule has 0 atom stereocenters. The Morgan fingerprint density at radius 2 is 1.59 bits per heavy atom. The average Bonchev–Trinajstić information content (AvgIpc) is 2.50. The molecule has 0 fully saturated rings. The molecule has 0 aliphatic heterocycles. The van der Waals surface area contributed by atoms with Crippen molar-refractivity contribution >= 4 is 34.9 Å². The van der Waals surface area contributed by atoms with Crippen molar-refractivity contribution in [1.29, 1.82) is 0 Å². The Labute approximate surface area is 132 Å². The van der Waals surface area contributed by atoms with Crippen molar-refractivity contribution in [2.45, 2.75) is 6.42 Å². The lowest BCUT2D eigenvalue weighted by Crippen LogP contribution is -2.31. The molecule has 0 saturated carbocycles. The van der Waals surface area contributed by atoms with Crippen molar-refractivity contribution in [2.75, 3.05) is 17.2 Å². The van der Waals surface area contributed by atoms with Crippen LogP contribution < -0.4 is 16.0 Å². The van der Waals surface area contributed by atoms with Gasteiger partial charge < -0.3 is 16.0 Å². The molecular weight excluding hydrogens is 304 g/mol. The molecule has 22 heavy (non-hydrogen) atoms. The minimum atomic E-state index is -0.376. The number of rotatable bonds is 5. The summed E-state index contributed by atoms with van der Waals surface area (Å²) in [6.07, 6.45) is 3.36. The van der Waals surface area contributed by atoms with Crippen molar-refractivity contribution in [2.24, 2.45) is 0 Å². The van der Waals surface area contributed by atoms with Gasteiger partial charge in [-0.1, -0.05) is 11.6 Å². The Morgan fingerprint density at radius 1 is 0.955 bits per heavy atom. The third-order valence-corrected chi connectivity index (χ3v) is 2.96. The van der Waals surface area contributed by atoms with Crippen LogP contribution in [-0.2, 0) is 4.79 Å². The van der Waals surface area contributed by atoms with E-state index in [4.69, 9.17) is 11.6 Å². The number of carbonyl (C=O) groups excluding carboxylic acids is 2. The lowest BCUT2D eigenvalue weighted by molar-refractivity contribution is -0.116. The number of urea groups is 1. The zero-order valence-corrected chi connectivity index (χ0v) is 12.4. The van der Waals surface area contributed by atoms with Gasteiger partial charge in [-0.15, -0.1) is 0 Å². The molecule has 0 spiro atoms. The highest BCUT2D eigenvalue weighted by atomic mass is 35.5. The Kier molecular flexibility index (Phi) is 5.73. The predicted octanol–water partition coefficient (Wildman–Crippen LogP) is 2.89. The van der Waals surface area contributed by atoms with Crippen molar-refractivity contribution in [3.63, 3.8) is 0 Å². The van der Waals surface area contributed by atoms with Crippen LogP contribution in [0.1, 0.15) is 6.42 Å². The van der Waals surface area contributed by atoms with Crippen LogP contribution >= 0.6 is 11.6 Å². The molecule has 3 N–H and O–H groups in total. The minimum absolute atomic E-state index is 0.177. The molecule has 7 heteroatoms. The summed E-state index contributed by atoms with van der Waals surface area (Å²) >= 11 is 5.76. The van der Waals surface area contributed by atoms with Gasteiger partial charge in [-0.25, -0.2) is 4.79 Å². The van der Waals surface area contributed by atoms with E-state index >= 15 is 0 Å². The van der Waals surface area contributed by atoms with Gasteiger partial charge in [-0.05, 0) is 36.4 Å². The summed E-state index contributed by atoms with van der Waals surface area (Å²) in [6, 6.07) is 9.75. The molecule has 1 aromatic carbocycles. The van der Waals surface area contributed by atoms with Crippen molar-refractivity contribution in [3.05, 3.63) is 53.8 Å². The van der Waals surface area contributed by atoms with Crippen molar-refractivity contribution in [1.82, 2.24) is 10.3 Å². The number of nitrogens with one attached hydrogen (secondary N) is 3. The van der Waals surface area contributed by atoms with Crippen LogP contribution in [0, 0.1) is 0 Å². The monoisotopic (exact) mass is 318 g/mol. The number of hydrogen-bond donors (Lipinski definition) is 3. The van der Waals surface area contributed by atoms with E-state index in [1.807, 2.05) is 0 Å². The van der Waals surface area contributed by atoms with Crippen LogP contribution in [-0.4, -0.2) is 23.5 Å². The second-order valence-electron chi connectivity index (χ2n) is 4.42. The highest BCUT2D eigenvalue weighted by Crippen LogP contribution is 2.13. The third-order valence-electron chi connectivity index (χ3n) is 2.70. The van der Waals surface area contributed by atoms with Crippen LogP contribution in [0.5, 0.6) is 0 Å². The summed E-state index contributed by atoms with van der Waals surface area (Å²) in [4.78, 5) is 27.2. The maximum Gasteiger partial charge on any atom is 0.319 e. The smallest absolute Gasteiger partial charge is 0.319 e. The first kappa shape index (κ1) is 15.8. The van der Waals surface area contributed by atoms with Gasteiger partial charge in [0, 0.05) is 41.8 Å². The van der Waals surface area contributed by atoms with Crippen molar-refractivity contribution < 1.29 is 9.59 Å². The number of nitrogens with zero attached hydrogens (tertiary/aromatic N) is 1. The third kappa shape index (κ3) is 5.41. The first-order chi connectivity index (χ1) is 10.6. The summed E-state index contributed by atoms with van der Waals surface area (Å²) < 4.78 is 0. The number of benzene rings is 1. The van der Waals surface area contributed by atoms with Gasteiger partial charge in [0.15, 0.2) is 0 Å². The summed E-state index contributed by atoms with van der Waals surface area (Å²) in [6.45, 7) is 0.232. The van der Waals surface area contributed by atoms with Gasteiger partial charge in [0.05, 0.1) is 0 Å². The molecular formula is C15H15ClN4O2. The SMILES string of the molecule is O=C(CCNC(=O)Nc1ccc(Cl)cc1)Nc1ccncc1. The number of carbonyl (C=O) groups is 2. The zero-order valence-electron chi connectivity index (χ0n) is 11.7. The molecule has 0 unspecified atom stereocenters. The highest BCUT2D eigenvalue weighted by molar-refractivity contribution is 6.30. The van der Waals surface area contributed by atoms with E-state index in [9.17, 15) is 9.59 Å². The van der Waals surface area contributed by atoms with Crippen LogP contribution in [0.4, 0.5) is 16.2 Å². The molecule has 2 rings (SSSR count). The maximum atomic E-state index is 11.7. The average molecular weight is 319 g/mol. The van der Waals surface area contributed by atoms with Gasteiger partial charge in [0.1, 0.15) is 0 Å². The number of hydrogen-bond acceptors (Lipinski definition) is 3. The molecule has 0 saturated heterocycles. The van der Waals surface area contributed by atoms with E-state index in [2.05, 4.69) is 20.9 Å². The van der Waals surface area contributed by atoms with Gasteiger partial charge >= 0.3 is 6.03 Å². The Bertz CT molecular complexity index is 632. The second-order valence-corrected chi connectivity index (χ2v) is 4.86. The Hall–Kier alpha value is -2.60. The number of pyridine rings is 1. The van der Waals surface area contributed by atoms with Crippen LogP contribution in [0.2, 0.25) is 5.02 Å². The van der Waals surface area contributed by atoms with Crippen LogP contribution in [0.15, 0.2) is 48.8 Å². The second kappa shape index (κ2) is 7.99. The summed E-state index contributed by atoms with van der Waals surface area (Å²) in [5, 5.41) is 8.55. The lowest BCUT2D eigenvalue weighted by Gasteiger charge is -2.08. The summed E-state index contributed by atoms with van der Waals surface area (Å²) in [5.41, 5.74) is 1.30. The molecule has 0 aliphatic rings. The van der Waals surface area contributed by atoms with Gasteiger partial charge in [0.25, 0.3) is 0 Å². The number of anilines is 2. The molecule has 6 nitrogen and oxygen atoms in total. The van der Waals surface area contributed by atoms with Crippen molar-refractivity contribution in [3.8, 4) is 0 Å². The summed E-state index contributed by atoms with van der Waals surface area (Å²) in [7, 11) is 0. The minimum Gasteiger partial charge on any atom is -0.337 e. The maximum absolute atomic E-state index is 11.7. The molecule has 0 aliphatic carbocycles. The Morgan fingerprint density at radius 3 is 2.27 bits per heavy atom. The predicted molar refractivity (Wildman–Crippen MR) is 86.0 cm³/mol. The number of aromatic nitrogens is 1. The fourth-order valence-corrected chi connectivity index (χ4v) is 1.78. The van der Waals surface area contributed by atoms with Gasteiger partial charge in [0.2, 0.25) is 5.91 Å². The van der Waals surface area contributed by atoms with Crippen LogP contribution in [0.3, 0.4) is 0 Å². The van der Waals surface area contributed by atoms with E-state index in [0.29, 0.717) is 16.4 Å². The van der Waals surface area contributed by atoms with E-state index in [-0.39, 0.29) is 24.9 Å². The molecule has 1 heterocycles. The first-order valence-electron chi connectivity index (χ1n) is 6.64. The number of amides is 3. The molecule has 0 radical (unpaired) electrons. The molecule has 3 amide bonds.